The van der Waals surface area contributed by atoms with Crippen LogP contribution in [0.15, 0.2) is 24.3 Å². The molecule has 0 atom stereocenters. The summed E-state index contributed by atoms with van der Waals surface area (Å²) in [6.07, 6.45) is 0. The van der Waals surface area contributed by atoms with Crippen molar-refractivity contribution < 1.29 is 4.39 Å². The van der Waals surface area contributed by atoms with E-state index in [4.69, 9.17) is 5.10 Å². The molecule has 24 heavy (non-hydrogen) atoms. The molecule has 1 fully saturated rings. The molecule has 2 aromatic heterocycles. The van der Waals surface area contributed by atoms with E-state index in [0.29, 0.717) is 0 Å². The van der Waals surface area contributed by atoms with E-state index in [0.717, 1.165) is 60.0 Å². The van der Waals surface area contributed by atoms with Gasteiger partial charge in [-0.2, -0.15) is 10.2 Å². The maximum atomic E-state index is 13.2. The van der Waals surface area contributed by atoms with E-state index >= 15 is 0 Å². The molecule has 0 radical (unpaired) electrons. The van der Waals surface area contributed by atoms with E-state index in [-0.39, 0.29) is 5.82 Å². The summed E-state index contributed by atoms with van der Waals surface area (Å²) in [7, 11) is 0. The highest BCUT2D eigenvalue weighted by atomic mass is 19.1. The quantitative estimate of drug-likeness (QED) is 0.780. The van der Waals surface area contributed by atoms with Crippen molar-refractivity contribution in [2.24, 2.45) is 0 Å². The molecular weight excluding hydrogens is 307 g/mol. The van der Waals surface area contributed by atoms with Gasteiger partial charge in [-0.15, -0.1) is 5.10 Å². The van der Waals surface area contributed by atoms with Crippen LogP contribution in [0.2, 0.25) is 0 Å². The fourth-order valence-electron chi connectivity index (χ4n) is 3.23. The summed E-state index contributed by atoms with van der Waals surface area (Å²) >= 11 is 0. The van der Waals surface area contributed by atoms with Crippen LogP contribution >= 0.6 is 0 Å². The summed E-state index contributed by atoms with van der Waals surface area (Å²) in [6.45, 7) is 7.57. The maximum absolute atomic E-state index is 13.2. The lowest BCUT2D eigenvalue weighted by atomic mass is 10.2. The summed E-state index contributed by atoms with van der Waals surface area (Å²) < 4.78 is 15.1. The first-order valence-corrected chi connectivity index (χ1v) is 8.09. The smallest absolute Gasteiger partial charge is 0.179 e. The Morgan fingerprint density at radius 1 is 1.04 bits per heavy atom. The molecule has 3 aromatic rings. The van der Waals surface area contributed by atoms with Crippen LogP contribution in [-0.4, -0.2) is 46.2 Å². The van der Waals surface area contributed by atoms with Crippen molar-refractivity contribution in [2.45, 2.75) is 13.8 Å². The van der Waals surface area contributed by atoms with Gasteiger partial charge in [-0.05, 0) is 38.1 Å². The van der Waals surface area contributed by atoms with Crippen LogP contribution in [0.25, 0.3) is 16.6 Å². The molecule has 3 heterocycles. The number of halogens is 1. The molecular formula is C17H19FN6. The minimum absolute atomic E-state index is 0.255. The van der Waals surface area contributed by atoms with Gasteiger partial charge in [-0.1, -0.05) is 0 Å². The predicted molar refractivity (Wildman–Crippen MR) is 91.2 cm³/mol. The molecule has 1 saturated heterocycles. The third-order valence-electron chi connectivity index (χ3n) is 4.47. The number of anilines is 1. The van der Waals surface area contributed by atoms with E-state index in [9.17, 15) is 4.39 Å². The second-order valence-electron chi connectivity index (χ2n) is 6.04. The zero-order valence-corrected chi connectivity index (χ0v) is 13.8. The van der Waals surface area contributed by atoms with Gasteiger partial charge in [0.1, 0.15) is 11.3 Å². The Morgan fingerprint density at radius 2 is 1.75 bits per heavy atom. The SMILES string of the molecule is Cc1nnc(N2CCNCC2)c2nn(-c3ccc(F)cc3)c(C)c12. The number of fused-ring (bicyclic) bond motifs is 1. The summed E-state index contributed by atoms with van der Waals surface area (Å²) in [6, 6.07) is 6.35. The van der Waals surface area contributed by atoms with Crippen molar-refractivity contribution in [2.75, 3.05) is 31.1 Å². The lowest BCUT2D eigenvalue weighted by Gasteiger charge is -2.28. The number of hydrogen-bond acceptors (Lipinski definition) is 5. The summed E-state index contributed by atoms with van der Waals surface area (Å²) in [5.41, 5.74) is 3.53. The Bertz CT molecular complexity index is 880. The van der Waals surface area contributed by atoms with Crippen molar-refractivity contribution >= 4 is 16.7 Å². The van der Waals surface area contributed by atoms with Crippen LogP contribution in [0.1, 0.15) is 11.4 Å². The molecule has 0 amide bonds. The van der Waals surface area contributed by atoms with E-state index in [1.165, 1.54) is 12.1 Å². The first-order chi connectivity index (χ1) is 11.6. The largest absolute Gasteiger partial charge is 0.351 e. The van der Waals surface area contributed by atoms with Crippen LogP contribution in [-0.2, 0) is 0 Å². The predicted octanol–water partition coefficient (Wildman–Crippen LogP) is 1.98. The van der Waals surface area contributed by atoms with Gasteiger partial charge in [0.15, 0.2) is 5.82 Å². The lowest BCUT2D eigenvalue weighted by Crippen LogP contribution is -2.44. The molecule has 1 aliphatic heterocycles. The van der Waals surface area contributed by atoms with Gasteiger partial charge in [-0.3, -0.25) is 0 Å². The van der Waals surface area contributed by atoms with E-state index in [1.54, 1.807) is 12.1 Å². The Hall–Kier alpha value is -2.54. The minimum atomic E-state index is -0.255. The van der Waals surface area contributed by atoms with Crippen LogP contribution in [0.3, 0.4) is 0 Å². The number of piperazine rings is 1. The summed E-state index contributed by atoms with van der Waals surface area (Å²) in [5, 5.41) is 17.9. The number of aromatic nitrogens is 4. The van der Waals surface area contributed by atoms with Gasteiger partial charge in [0.2, 0.25) is 0 Å². The molecule has 0 unspecified atom stereocenters. The van der Waals surface area contributed by atoms with Crippen molar-refractivity contribution in [1.29, 1.82) is 0 Å². The normalized spacial score (nSPS) is 15.2. The Morgan fingerprint density at radius 3 is 2.46 bits per heavy atom. The van der Waals surface area contributed by atoms with Crippen LogP contribution in [0.5, 0.6) is 0 Å². The standard InChI is InChI=1S/C17H19FN6/c1-11-15-12(2)24(14-5-3-13(18)4-6-14)22-16(15)17(21-20-11)23-9-7-19-8-10-23/h3-6,19H,7-10H2,1-2H3. The fraction of sp³-hybridized carbons (Fsp3) is 0.353. The number of rotatable bonds is 2. The summed E-state index contributed by atoms with van der Waals surface area (Å²) in [5.74, 6) is 0.565. The molecule has 124 valence electrons. The second kappa shape index (κ2) is 5.83. The number of nitrogens with one attached hydrogen (secondary N) is 1. The van der Waals surface area contributed by atoms with Gasteiger partial charge < -0.3 is 10.2 Å². The third kappa shape index (κ3) is 2.41. The topological polar surface area (TPSA) is 58.9 Å². The van der Waals surface area contributed by atoms with Crippen molar-refractivity contribution in [3.63, 3.8) is 0 Å². The highest BCUT2D eigenvalue weighted by Crippen LogP contribution is 2.29. The monoisotopic (exact) mass is 326 g/mol. The number of nitrogens with zero attached hydrogens (tertiary/aromatic N) is 5. The Labute approximate surface area is 139 Å². The van der Waals surface area contributed by atoms with E-state index in [1.807, 2.05) is 18.5 Å². The highest BCUT2D eigenvalue weighted by molar-refractivity contribution is 5.92. The van der Waals surface area contributed by atoms with E-state index < -0.39 is 0 Å². The summed E-state index contributed by atoms with van der Waals surface area (Å²) in [4.78, 5) is 2.21. The Balaban J connectivity index is 1.89. The van der Waals surface area contributed by atoms with E-state index in [2.05, 4.69) is 20.4 Å². The molecule has 0 aliphatic carbocycles. The first kappa shape index (κ1) is 15.0. The van der Waals surface area contributed by atoms with Gasteiger partial charge in [0.25, 0.3) is 0 Å². The van der Waals surface area contributed by atoms with Gasteiger partial charge >= 0.3 is 0 Å². The van der Waals surface area contributed by atoms with Gasteiger partial charge in [0, 0.05) is 26.2 Å². The second-order valence-corrected chi connectivity index (χ2v) is 6.04. The molecule has 6 nitrogen and oxygen atoms in total. The molecule has 1 N–H and O–H groups in total. The fourth-order valence-corrected chi connectivity index (χ4v) is 3.23. The van der Waals surface area contributed by atoms with Crippen molar-refractivity contribution in [3.05, 3.63) is 41.5 Å². The maximum Gasteiger partial charge on any atom is 0.179 e. The molecule has 1 aromatic carbocycles. The molecule has 4 rings (SSSR count). The third-order valence-corrected chi connectivity index (χ3v) is 4.47. The molecule has 0 bridgehead atoms. The highest BCUT2D eigenvalue weighted by Gasteiger charge is 2.21. The molecule has 0 saturated carbocycles. The van der Waals surface area contributed by atoms with Crippen LogP contribution in [0.4, 0.5) is 10.2 Å². The van der Waals surface area contributed by atoms with Gasteiger partial charge in [-0.25, -0.2) is 9.07 Å². The van der Waals surface area contributed by atoms with Crippen LogP contribution < -0.4 is 10.2 Å². The van der Waals surface area contributed by atoms with Crippen molar-refractivity contribution in [1.82, 2.24) is 25.3 Å². The number of hydrogen-bond donors (Lipinski definition) is 1. The number of aryl methyl sites for hydroxylation is 2. The lowest BCUT2D eigenvalue weighted by molar-refractivity contribution is 0.583. The Kier molecular flexibility index (Phi) is 3.65. The molecule has 1 aliphatic rings. The average molecular weight is 326 g/mol. The zero-order valence-electron chi connectivity index (χ0n) is 13.8. The zero-order chi connectivity index (χ0) is 16.7. The average Bonchev–Trinajstić information content (AvgIpc) is 2.95. The molecule has 7 heteroatoms. The van der Waals surface area contributed by atoms with Gasteiger partial charge in [0.05, 0.1) is 22.5 Å². The molecule has 0 spiro atoms. The van der Waals surface area contributed by atoms with Crippen molar-refractivity contribution in [3.8, 4) is 5.69 Å². The van der Waals surface area contributed by atoms with Crippen LogP contribution in [0, 0.1) is 19.7 Å². The number of benzene rings is 1. The minimum Gasteiger partial charge on any atom is -0.351 e. The first-order valence-electron chi connectivity index (χ1n) is 8.09.